The second-order valence-corrected chi connectivity index (χ2v) is 23.7. The number of aliphatic hydroxyl groups is 7. The fraction of sp³-hybridized carbons (Fsp3) is 0.873. The minimum atomic E-state index is -1.87. The van der Waals surface area contributed by atoms with Gasteiger partial charge in [-0.2, -0.15) is 0 Å². The molecule has 27 atom stereocenters. The molecule has 4 heterocycles. The number of carbonyl (C=O) groups excluding carboxylic acids is 1. The summed E-state index contributed by atoms with van der Waals surface area (Å²) in [5.41, 5.74) is -7.07. The van der Waals surface area contributed by atoms with Gasteiger partial charge in [0, 0.05) is 40.6 Å². The first-order valence-electron chi connectivity index (χ1n) is 27.4. The van der Waals surface area contributed by atoms with Gasteiger partial charge in [-0.25, -0.2) is 4.79 Å². The Morgan fingerprint density at radius 1 is 0.640 bits per heavy atom. The number of hydrogen-bond donors (Lipinski definition) is 7. The van der Waals surface area contributed by atoms with Crippen molar-refractivity contribution in [1.29, 1.82) is 0 Å². The van der Waals surface area contributed by atoms with Crippen molar-refractivity contribution >= 4 is 5.97 Å². The average Bonchev–Trinajstić information content (AvgIpc) is 3.61. The number of carbonyl (C=O) groups is 1. The van der Waals surface area contributed by atoms with E-state index in [-0.39, 0.29) is 50.5 Å². The van der Waals surface area contributed by atoms with Crippen molar-refractivity contribution < 1.29 is 97.4 Å². The molecule has 7 N–H and O–H groups in total. The molecule has 0 spiro atoms. The number of aliphatic hydroxyl groups excluding tert-OH is 4. The Morgan fingerprint density at radius 3 is 1.83 bits per heavy atom. The maximum Gasteiger partial charge on any atom is 0.338 e. The van der Waals surface area contributed by atoms with E-state index in [9.17, 15) is 40.5 Å². The van der Waals surface area contributed by atoms with Crippen LogP contribution in [0.25, 0.3) is 0 Å². The van der Waals surface area contributed by atoms with E-state index in [0.29, 0.717) is 37.7 Å². The Balaban J connectivity index is 0.792. The number of esters is 1. The van der Waals surface area contributed by atoms with E-state index in [4.69, 9.17) is 56.8 Å². The van der Waals surface area contributed by atoms with Crippen molar-refractivity contribution in [2.24, 2.45) is 22.7 Å². The summed E-state index contributed by atoms with van der Waals surface area (Å²) in [6.45, 7) is 12.5. The molecule has 4 aliphatic heterocycles. The van der Waals surface area contributed by atoms with Crippen LogP contribution >= 0.6 is 0 Å². The highest BCUT2D eigenvalue weighted by molar-refractivity contribution is 5.89. The Bertz CT molecular complexity index is 2080. The number of methoxy groups -OCH3 is 3. The molecule has 1 aromatic rings. The Morgan fingerprint density at radius 2 is 1.23 bits per heavy atom. The van der Waals surface area contributed by atoms with Crippen LogP contribution in [0.5, 0.6) is 0 Å². The smallest absolute Gasteiger partial charge is 0.338 e. The number of rotatable bonds is 14. The van der Waals surface area contributed by atoms with E-state index in [2.05, 4.69) is 6.92 Å². The zero-order valence-electron chi connectivity index (χ0n) is 45.3. The third-order valence-corrected chi connectivity index (χ3v) is 19.9. The number of benzene rings is 1. The van der Waals surface area contributed by atoms with Crippen molar-refractivity contribution in [3.8, 4) is 0 Å². The predicted molar refractivity (Wildman–Crippen MR) is 263 cm³/mol. The second-order valence-electron chi connectivity index (χ2n) is 23.7. The predicted octanol–water partition coefficient (Wildman–Crippen LogP) is 3.02. The molecule has 9 rings (SSSR count). The minimum absolute atomic E-state index is 0.0290. The van der Waals surface area contributed by atoms with E-state index < -0.39 is 156 Å². The van der Waals surface area contributed by atoms with Gasteiger partial charge in [0.05, 0.1) is 71.5 Å². The normalized spacial score (nSPS) is 51.5. The van der Waals surface area contributed by atoms with E-state index >= 15 is 0 Å². The molecule has 75 heavy (non-hydrogen) atoms. The molecule has 0 bridgehead atoms. The van der Waals surface area contributed by atoms with Crippen LogP contribution in [0.2, 0.25) is 0 Å². The molecule has 4 aliphatic carbocycles. The summed E-state index contributed by atoms with van der Waals surface area (Å²) in [6, 6.07) is 8.59. The summed E-state index contributed by atoms with van der Waals surface area (Å²) < 4.78 is 74.3. The first-order valence-corrected chi connectivity index (χ1v) is 27.4. The van der Waals surface area contributed by atoms with Gasteiger partial charge in [0.1, 0.15) is 53.9 Å². The van der Waals surface area contributed by atoms with Gasteiger partial charge in [0.2, 0.25) is 0 Å². The first kappa shape index (κ1) is 57.6. The van der Waals surface area contributed by atoms with Gasteiger partial charge in [-0.05, 0) is 115 Å². The van der Waals surface area contributed by atoms with Crippen LogP contribution in [0.15, 0.2) is 30.3 Å². The number of ether oxygens (including phenoxy) is 12. The van der Waals surface area contributed by atoms with Gasteiger partial charge < -0.3 is 92.6 Å². The van der Waals surface area contributed by atoms with Crippen molar-refractivity contribution in [2.75, 3.05) is 21.3 Å². The Labute approximate surface area is 440 Å². The van der Waals surface area contributed by atoms with Gasteiger partial charge in [-0.3, -0.25) is 0 Å². The largest absolute Gasteiger partial charge is 0.458 e. The monoisotopic (exact) mass is 1070 g/mol. The van der Waals surface area contributed by atoms with E-state index in [1.165, 1.54) is 14.0 Å². The second kappa shape index (κ2) is 22.1. The van der Waals surface area contributed by atoms with Gasteiger partial charge in [0.25, 0.3) is 0 Å². The van der Waals surface area contributed by atoms with Gasteiger partial charge >= 0.3 is 5.97 Å². The summed E-state index contributed by atoms with van der Waals surface area (Å²) in [7, 11) is 4.57. The fourth-order valence-corrected chi connectivity index (χ4v) is 15.4. The zero-order chi connectivity index (χ0) is 54.2. The fourth-order valence-electron chi connectivity index (χ4n) is 15.4. The average molecular weight is 1070 g/mol. The molecule has 8 fully saturated rings. The van der Waals surface area contributed by atoms with E-state index in [1.807, 2.05) is 6.92 Å². The van der Waals surface area contributed by atoms with Crippen molar-refractivity contribution in [2.45, 2.75) is 259 Å². The van der Waals surface area contributed by atoms with Gasteiger partial charge in [0.15, 0.2) is 25.2 Å². The molecule has 426 valence electrons. The highest BCUT2D eigenvalue weighted by Gasteiger charge is 2.81. The van der Waals surface area contributed by atoms with Crippen LogP contribution in [-0.4, -0.2) is 203 Å². The van der Waals surface area contributed by atoms with E-state index in [1.54, 1.807) is 72.2 Å². The first-order chi connectivity index (χ1) is 35.5. The highest BCUT2D eigenvalue weighted by Crippen LogP contribution is 2.72. The SMILES string of the molecule is COC1CC(OC2CCC3(C)C(CCC4(O)C3CC(OC(=O)c3ccccc3)C3(C)C(O)(C(C)O)CCC43O)C2)OC(C)C1OC1CC(O)C(OC2CC(OC)C(OC3OC(C)C(O)C(OC)C3O)C(C)O2)C(C)O1. The molecule has 0 radical (unpaired) electrons. The lowest BCUT2D eigenvalue weighted by molar-refractivity contribution is -0.355. The Kier molecular flexibility index (Phi) is 17.0. The number of hydrogen-bond acceptors (Lipinski definition) is 20. The van der Waals surface area contributed by atoms with Crippen LogP contribution in [0.4, 0.5) is 0 Å². The van der Waals surface area contributed by atoms with Crippen LogP contribution in [-0.2, 0) is 56.8 Å². The molecule has 4 saturated heterocycles. The molecule has 8 aliphatic rings. The topological polar surface area (TPSA) is 269 Å². The molecule has 27 unspecified atom stereocenters. The summed E-state index contributed by atoms with van der Waals surface area (Å²) >= 11 is 0. The molecule has 20 nitrogen and oxygen atoms in total. The number of fused-ring (bicyclic) bond motifs is 5. The Hall–Kier alpha value is -2.03. The van der Waals surface area contributed by atoms with Crippen molar-refractivity contribution in [1.82, 2.24) is 0 Å². The van der Waals surface area contributed by atoms with Crippen molar-refractivity contribution in [3.05, 3.63) is 35.9 Å². The molecule has 4 saturated carbocycles. The third kappa shape index (κ3) is 9.97. The van der Waals surface area contributed by atoms with Gasteiger partial charge in [-0.15, -0.1) is 0 Å². The molecule has 0 amide bonds. The molecular weight excluding hydrogens is 981 g/mol. The van der Waals surface area contributed by atoms with Gasteiger partial charge in [-0.1, -0.05) is 32.0 Å². The summed E-state index contributed by atoms with van der Waals surface area (Å²) in [5.74, 6) is -1.01. The summed E-state index contributed by atoms with van der Waals surface area (Å²) in [6.07, 6.45) is -11.4. The minimum Gasteiger partial charge on any atom is -0.458 e. The van der Waals surface area contributed by atoms with Crippen LogP contribution in [0.1, 0.15) is 129 Å². The van der Waals surface area contributed by atoms with E-state index in [0.717, 1.165) is 0 Å². The standard InChI is InChI=1S/C55H86O20/c1-27-43(58)48(66-10)44(59)50(70-27)75-47-30(4)69-42(25-37(47)65-9)73-45-28(2)67-40(23-35(45)57)74-46-29(3)68-41(24-36(46)64-8)71-34-17-18-51(6)33(22-34)16-19-54(62)38(51)26-39(72-49(60)32-14-12-11-13-15-32)52(7)53(61,31(5)56)20-21-55(52,54)63/h11-15,27-31,33-48,50,56-59,61-63H,16-26H2,1-10H3. The summed E-state index contributed by atoms with van der Waals surface area (Å²) in [5, 5.41) is 82.2. The quantitative estimate of drug-likeness (QED) is 0.104. The lowest BCUT2D eigenvalue weighted by atomic mass is 9.40. The maximum absolute atomic E-state index is 13.8. The van der Waals surface area contributed by atoms with Crippen LogP contribution in [0, 0.1) is 22.7 Å². The molecular formula is C55H86O20. The lowest BCUT2D eigenvalue weighted by Gasteiger charge is -2.69. The van der Waals surface area contributed by atoms with Crippen LogP contribution < -0.4 is 0 Å². The summed E-state index contributed by atoms with van der Waals surface area (Å²) in [4.78, 5) is 13.8. The van der Waals surface area contributed by atoms with Crippen molar-refractivity contribution in [3.63, 3.8) is 0 Å². The molecule has 20 heteroatoms. The maximum atomic E-state index is 13.8. The molecule has 0 aromatic heterocycles. The zero-order valence-corrected chi connectivity index (χ0v) is 45.3. The molecule has 1 aromatic carbocycles. The lowest BCUT2D eigenvalue weighted by Crippen LogP contribution is -2.79. The third-order valence-electron chi connectivity index (χ3n) is 19.9. The van der Waals surface area contributed by atoms with Crippen LogP contribution in [0.3, 0.4) is 0 Å². The highest BCUT2D eigenvalue weighted by atomic mass is 16.8.